The molecule has 0 atom stereocenters. The van der Waals surface area contributed by atoms with E-state index in [1.54, 1.807) is 35.1 Å². The highest BCUT2D eigenvalue weighted by Gasteiger charge is 2.13. The van der Waals surface area contributed by atoms with Gasteiger partial charge in [0.15, 0.2) is 5.16 Å². The maximum absolute atomic E-state index is 12.8. The van der Waals surface area contributed by atoms with Crippen molar-refractivity contribution in [2.75, 3.05) is 12.4 Å². The third kappa shape index (κ3) is 3.60. The molecule has 0 fully saturated rings. The third-order valence-corrected chi connectivity index (χ3v) is 4.61. The molecular formula is C16H15ClN2O3S. The average Bonchev–Trinajstić information content (AvgIpc) is 3.04. The Kier molecular flexibility index (Phi) is 5.05. The van der Waals surface area contributed by atoms with Gasteiger partial charge in [-0.1, -0.05) is 23.4 Å². The molecule has 2 heterocycles. The molecule has 120 valence electrons. The third-order valence-electron chi connectivity index (χ3n) is 3.31. The van der Waals surface area contributed by atoms with Gasteiger partial charge < -0.3 is 9.52 Å². The molecule has 0 saturated carbocycles. The van der Waals surface area contributed by atoms with E-state index in [2.05, 4.69) is 4.98 Å². The second-order valence-electron chi connectivity index (χ2n) is 4.95. The standard InChI is InChI=1S/C16H15ClN2O3S/c17-11-4-5-13-14(9-11)18-16(23-8-2-6-20)19(15(13)21)10-12-3-1-7-22-12/h1,3-5,7,9,20H,2,6,8,10H2. The van der Waals surface area contributed by atoms with Crippen LogP contribution in [0.1, 0.15) is 12.2 Å². The minimum absolute atomic E-state index is 0.106. The number of thioether (sulfide) groups is 1. The van der Waals surface area contributed by atoms with Gasteiger partial charge in [0.05, 0.1) is 23.7 Å². The molecule has 7 heteroatoms. The van der Waals surface area contributed by atoms with E-state index >= 15 is 0 Å². The monoisotopic (exact) mass is 350 g/mol. The van der Waals surface area contributed by atoms with Crippen molar-refractivity contribution < 1.29 is 9.52 Å². The Balaban J connectivity index is 2.09. The lowest BCUT2D eigenvalue weighted by molar-refractivity contribution is 0.296. The van der Waals surface area contributed by atoms with Gasteiger partial charge >= 0.3 is 0 Å². The number of aromatic nitrogens is 2. The lowest BCUT2D eigenvalue weighted by Crippen LogP contribution is -2.24. The number of aliphatic hydroxyl groups is 1. The molecule has 0 aliphatic heterocycles. The van der Waals surface area contributed by atoms with E-state index in [0.717, 1.165) is 0 Å². The Morgan fingerprint density at radius 2 is 2.22 bits per heavy atom. The topological polar surface area (TPSA) is 68.3 Å². The van der Waals surface area contributed by atoms with Crippen LogP contribution in [-0.4, -0.2) is 27.0 Å². The highest BCUT2D eigenvalue weighted by molar-refractivity contribution is 7.99. The fourth-order valence-electron chi connectivity index (χ4n) is 2.21. The van der Waals surface area contributed by atoms with Crippen molar-refractivity contribution in [2.24, 2.45) is 0 Å². The molecule has 0 saturated heterocycles. The summed E-state index contributed by atoms with van der Waals surface area (Å²) in [7, 11) is 0. The van der Waals surface area contributed by atoms with Crippen molar-refractivity contribution in [3.63, 3.8) is 0 Å². The first kappa shape index (κ1) is 16.1. The number of rotatable bonds is 6. The first-order chi connectivity index (χ1) is 11.2. The maximum Gasteiger partial charge on any atom is 0.262 e. The maximum atomic E-state index is 12.8. The van der Waals surface area contributed by atoms with E-state index in [1.807, 2.05) is 6.07 Å². The summed E-state index contributed by atoms with van der Waals surface area (Å²) in [5.74, 6) is 1.36. The van der Waals surface area contributed by atoms with Gasteiger partial charge in [-0.15, -0.1) is 0 Å². The van der Waals surface area contributed by atoms with Gasteiger partial charge in [-0.05, 0) is 36.8 Å². The molecule has 0 amide bonds. The van der Waals surface area contributed by atoms with E-state index in [9.17, 15) is 4.79 Å². The quantitative estimate of drug-likeness (QED) is 0.420. The Labute approximate surface area is 141 Å². The van der Waals surface area contributed by atoms with Crippen LogP contribution in [0.2, 0.25) is 5.02 Å². The molecule has 0 aliphatic rings. The average molecular weight is 351 g/mol. The summed E-state index contributed by atoms with van der Waals surface area (Å²) in [5.41, 5.74) is 0.444. The molecule has 3 aromatic rings. The summed E-state index contributed by atoms with van der Waals surface area (Å²) in [5, 5.41) is 10.6. The SMILES string of the molecule is O=c1c2ccc(Cl)cc2nc(SCCCO)n1Cc1ccco1. The molecule has 0 spiro atoms. The molecule has 3 rings (SSSR count). The number of fused-ring (bicyclic) bond motifs is 1. The lowest BCUT2D eigenvalue weighted by Gasteiger charge is -2.12. The van der Waals surface area contributed by atoms with Gasteiger partial charge in [0.2, 0.25) is 0 Å². The van der Waals surface area contributed by atoms with E-state index in [4.69, 9.17) is 21.1 Å². The number of hydrogen-bond acceptors (Lipinski definition) is 5. The van der Waals surface area contributed by atoms with Gasteiger partial charge in [-0.25, -0.2) is 4.98 Å². The van der Waals surface area contributed by atoms with Gasteiger partial charge in [-0.3, -0.25) is 9.36 Å². The molecule has 0 radical (unpaired) electrons. The summed E-state index contributed by atoms with van der Waals surface area (Å²) in [6.07, 6.45) is 2.21. The number of furan rings is 1. The first-order valence-electron chi connectivity index (χ1n) is 7.15. The van der Waals surface area contributed by atoms with E-state index in [1.165, 1.54) is 11.8 Å². The van der Waals surface area contributed by atoms with Gasteiger partial charge in [0.25, 0.3) is 5.56 Å². The highest BCUT2D eigenvalue weighted by Crippen LogP contribution is 2.21. The zero-order valence-electron chi connectivity index (χ0n) is 12.2. The predicted octanol–water partition coefficient (Wildman–Crippen LogP) is 3.17. The van der Waals surface area contributed by atoms with Crippen molar-refractivity contribution in [3.05, 3.63) is 57.7 Å². The summed E-state index contributed by atoms with van der Waals surface area (Å²) < 4.78 is 6.94. The first-order valence-corrected chi connectivity index (χ1v) is 8.51. The Hall–Kier alpha value is -1.76. The van der Waals surface area contributed by atoms with Crippen molar-refractivity contribution in [2.45, 2.75) is 18.1 Å². The van der Waals surface area contributed by atoms with Crippen LogP contribution in [0.25, 0.3) is 10.9 Å². The Morgan fingerprint density at radius 1 is 1.35 bits per heavy atom. The van der Waals surface area contributed by atoms with Crippen LogP contribution in [0.5, 0.6) is 0 Å². The molecular weight excluding hydrogens is 336 g/mol. The van der Waals surface area contributed by atoms with Crippen LogP contribution in [0.3, 0.4) is 0 Å². The van der Waals surface area contributed by atoms with Gasteiger partial charge in [0.1, 0.15) is 5.76 Å². The molecule has 0 aliphatic carbocycles. The number of nitrogens with zero attached hydrogens (tertiary/aromatic N) is 2. The zero-order valence-corrected chi connectivity index (χ0v) is 13.8. The van der Waals surface area contributed by atoms with Crippen LogP contribution < -0.4 is 5.56 Å². The van der Waals surface area contributed by atoms with Crippen molar-refractivity contribution in [3.8, 4) is 0 Å². The lowest BCUT2D eigenvalue weighted by atomic mass is 10.2. The van der Waals surface area contributed by atoms with Gasteiger partial charge in [0, 0.05) is 17.4 Å². The minimum Gasteiger partial charge on any atom is -0.467 e. The van der Waals surface area contributed by atoms with Crippen LogP contribution in [-0.2, 0) is 6.54 Å². The van der Waals surface area contributed by atoms with Gasteiger partial charge in [-0.2, -0.15) is 0 Å². The second-order valence-corrected chi connectivity index (χ2v) is 6.45. The van der Waals surface area contributed by atoms with E-state index < -0.39 is 0 Å². The molecule has 23 heavy (non-hydrogen) atoms. The summed E-state index contributed by atoms with van der Waals surface area (Å²) in [4.78, 5) is 17.4. The summed E-state index contributed by atoms with van der Waals surface area (Å²) >= 11 is 7.44. The smallest absolute Gasteiger partial charge is 0.262 e. The number of hydrogen-bond donors (Lipinski definition) is 1. The number of aliphatic hydroxyl groups excluding tert-OH is 1. The van der Waals surface area contributed by atoms with Crippen LogP contribution in [0.15, 0.2) is 51.0 Å². The normalized spacial score (nSPS) is 11.2. The number of benzene rings is 1. The van der Waals surface area contributed by atoms with E-state index in [0.29, 0.717) is 45.6 Å². The predicted molar refractivity (Wildman–Crippen MR) is 91.2 cm³/mol. The highest BCUT2D eigenvalue weighted by atomic mass is 35.5. The van der Waals surface area contributed by atoms with Crippen LogP contribution in [0, 0.1) is 0 Å². The Morgan fingerprint density at radius 3 is 2.96 bits per heavy atom. The Bertz CT molecular complexity index is 862. The fraction of sp³-hybridized carbons (Fsp3) is 0.250. The van der Waals surface area contributed by atoms with Crippen LogP contribution >= 0.6 is 23.4 Å². The number of halogens is 1. The van der Waals surface area contributed by atoms with Crippen molar-refractivity contribution in [1.82, 2.24) is 9.55 Å². The zero-order chi connectivity index (χ0) is 16.2. The molecule has 0 unspecified atom stereocenters. The van der Waals surface area contributed by atoms with Crippen LogP contribution in [0.4, 0.5) is 0 Å². The minimum atomic E-state index is -0.130. The molecule has 1 N–H and O–H groups in total. The largest absolute Gasteiger partial charge is 0.467 e. The molecule has 5 nitrogen and oxygen atoms in total. The molecule has 1 aromatic carbocycles. The van der Waals surface area contributed by atoms with Crippen molar-refractivity contribution >= 4 is 34.3 Å². The fourth-order valence-corrected chi connectivity index (χ4v) is 3.30. The second kappa shape index (κ2) is 7.21. The molecule has 2 aromatic heterocycles. The summed E-state index contributed by atoms with van der Waals surface area (Å²) in [6.45, 7) is 0.424. The molecule has 0 bridgehead atoms. The van der Waals surface area contributed by atoms with E-state index in [-0.39, 0.29) is 12.2 Å². The van der Waals surface area contributed by atoms with Crippen molar-refractivity contribution in [1.29, 1.82) is 0 Å². The summed E-state index contributed by atoms with van der Waals surface area (Å²) in [6, 6.07) is 8.66.